The van der Waals surface area contributed by atoms with Gasteiger partial charge in [-0.1, -0.05) is 19.6 Å². The Labute approximate surface area is 469 Å². The second-order valence-electron chi connectivity index (χ2n) is 23.8. The van der Waals surface area contributed by atoms with Crippen LogP contribution in [0.2, 0.25) is 0 Å². The van der Waals surface area contributed by atoms with Gasteiger partial charge in [0.05, 0.1) is 40.1 Å². The third-order valence-electron chi connectivity index (χ3n) is 16.3. The smallest absolute Gasteiger partial charge is 0.323 e. The van der Waals surface area contributed by atoms with E-state index < -0.39 is 11.3 Å². The number of H-pyrrole nitrogens is 4. The number of ether oxygens (including phenoxy) is 2. The fraction of sp³-hybridized carbons (Fsp3) is 0.443. The molecule has 5 N–H and O–H groups in total. The second-order valence-corrected chi connectivity index (χ2v) is 23.8. The molecule has 2 spiro atoms. The molecule has 4 aromatic heterocycles. The average molecular weight is 1110 g/mol. The van der Waals surface area contributed by atoms with Crippen LogP contribution >= 0.6 is 0 Å². The summed E-state index contributed by atoms with van der Waals surface area (Å²) in [5.41, 5.74) is 4.71. The molecule has 0 amide bonds. The summed E-state index contributed by atoms with van der Waals surface area (Å²) in [4.78, 5) is 61.6. The van der Waals surface area contributed by atoms with Crippen LogP contribution in [0.4, 0.5) is 24.8 Å². The first kappa shape index (κ1) is 56.7. The topological polar surface area (TPSA) is 201 Å². The van der Waals surface area contributed by atoms with Crippen LogP contribution in [0.15, 0.2) is 107 Å². The van der Waals surface area contributed by atoms with Crippen molar-refractivity contribution in [3.8, 4) is 23.0 Å². The van der Waals surface area contributed by atoms with E-state index in [1.54, 1.807) is 38.4 Å². The molecule has 2 unspecified atom stereocenters. The number of hydrogen-bond donors (Lipinski definition) is 5. The third-order valence-corrected chi connectivity index (χ3v) is 16.3. The number of aryl methyl sites for hydroxylation is 2. The van der Waals surface area contributed by atoms with Crippen molar-refractivity contribution >= 4 is 33.7 Å². The summed E-state index contributed by atoms with van der Waals surface area (Å²) in [6, 6.07) is 21.0. The molecule has 0 saturated carbocycles. The van der Waals surface area contributed by atoms with Crippen molar-refractivity contribution in [1.82, 2.24) is 49.7 Å². The number of halogens is 3. The predicted octanol–water partition coefficient (Wildman–Crippen LogP) is 10.4. The highest BCUT2D eigenvalue weighted by molar-refractivity contribution is 5.75. The summed E-state index contributed by atoms with van der Waals surface area (Å²) in [6.07, 6.45) is 12.2. The summed E-state index contributed by atoms with van der Waals surface area (Å²) in [6.45, 7) is 15.6. The highest BCUT2D eigenvalue weighted by Crippen LogP contribution is 2.46. The van der Waals surface area contributed by atoms with Gasteiger partial charge in [0, 0.05) is 63.2 Å². The molecule has 20 heteroatoms. The summed E-state index contributed by atoms with van der Waals surface area (Å²) < 4.78 is 54.9. The Bertz CT molecular complexity index is 3390. The number of nitrogens with one attached hydrogen (secondary N) is 4. The zero-order valence-corrected chi connectivity index (χ0v) is 45.8. The van der Waals surface area contributed by atoms with Crippen molar-refractivity contribution in [2.24, 2.45) is 10.8 Å². The van der Waals surface area contributed by atoms with E-state index in [9.17, 15) is 27.9 Å². The van der Waals surface area contributed by atoms with E-state index in [1.807, 2.05) is 18.2 Å². The van der Waals surface area contributed by atoms with E-state index in [1.165, 1.54) is 61.9 Å². The molecule has 4 aliphatic heterocycles. The van der Waals surface area contributed by atoms with E-state index >= 15 is 0 Å². The van der Waals surface area contributed by atoms with E-state index in [-0.39, 0.29) is 47.7 Å². The van der Waals surface area contributed by atoms with Gasteiger partial charge in [0.2, 0.25) is 0 Å². The highest BCUT2D eigenvalue weighted by atomic mass is 19.1. The molecule has 4 aromatic carbocycles. The fourth-order valence-corrected chi connectivity index (χ4v) is 12.1. The molecule has 12 rings (SSSR count). The van der Waals surface area contributed by atoms with E-state index in [0.29, 0.717) is 59.2 Å². The van der Waals surface area contributed by atoms with Gasteiger partial charge >= 0.3 is 11.4 Å². The monoisotopic (exact) mass is 1110 g/mol. The molecule has 8 aromatic rings. The summed E-state index contributed by atoms with van der Waals surface area (Å²) in [5, 5.41) is 10.2. The molecule has 0 bridgehead atoms. The number of anilines is 2. The average Bonchev–Trinajstić information content (AvgIpc) is 4.43. The number of alkyl halides is 1. The zero-order chi connectivity index (χ0) is 55.8. The molecule has 4 aliphatic rings. The fourth-order valence-electron chi connectivity index (χ4n) is 12.1. The number of aliphatic hydroxyl groups is 1. The third kappa shape index (κ3) is 13.6. The largest absolute Gasteiger partial charge is 0.452 e. The molecule has 8 heterocycles. The van der Waals surface area contributed by atoms with Crippen LogP contribution in [0.1, 0.15) is 95.9 Å². The van der Waals surface area contributed by atoms with Crippen molar-refractivity contribution in [1.29, 1.82) is 0 Å². The molecule has 4 saturated heterocycles. The van der Waals surface area contributed by atoms with Crippen molar-refractivity contribution in [2.45, 2.75) is 111 Å². The van der Waals surface area contributed by atoms with E-state index in [4.69, 9.17) is 9.47 Å². The summed E-state index contributed by atoms with van der Waals surface area (Å²) in [5.74, 6) is 2.83. The van der Waals surface area contributed by atoms with Gasteiger partial charge in [0.25, 0.3) is 0 Å². The lowest BCUT2D eigenvalue weighted by Crippen LogP contribution is -2.31. The van der Waals surface area contributed by atoms with Gasteiger partial charge in [-0.2, -0.15) is 0 Å². The van der Waals surface area contributed by atoms with Crippen LogP contribution < -0.4 is 30.7 Å². The number of imidazole rings is 2. The molecule has 0 aliphatic carbocycles. The zero-order valence-electron chi connectivity index (χ0n) is 45.8. The lowest BCUT2D eigenvalue weighted by Gasteiger charge is -2.26. The van der Waals surface area contributed by atoms with E-state index in [2.05, 4.69) is 77.7 Å². The first-order valence-electron chi connectivity index (χ1n) is 27.6. The van der Waals surface area contributed by atoms with Crippen LogP contribution in [0.25, 0.3) is 22.1 Å². The van der Waals surface area contributed by atoms with Crippen LogP contribution in [0, 0.1) is 22.5 Å². The maximum Gasteiger partial charge on any atom is 0.323 e. The Morgan fingerprint density at radius 1 is 0.568 bits per heavy atom. The van der Waals surface area contributed by atoms with Crippen molar-refractivity contribution in [3.05, 3.63) is 153 Å². The summed E-state index contributed by atoms with van der Waals surface area (Å²) in [7, 11) is 0. The van der Waals surface area contributed by atoms with Gasteiger partial charge in [0.1, 0.15) is 41.5 Å². The molecule has 0 radical (unpaired) electrons. The van der Waals surface area contributed by atoms with Gasteiger partial charge in [-0.15, -0.1) is 0 Å². The number of aromatic nitrogens is 8. The molecule has 81 heavy (non-hydrogen) atoms. The molecule has 2 atom stereocenters. The van der Waals surface area contributed by atoms with Crippen LogP contribution in [0.5, 0.6) is 23.0 Å². The lowest BCUT2D eigenvalue weighted by atomic mass is 9.86. The number of nitrogens with zero attached hydrogens (tertiary/aromatic N) is 8. The highest BCUT2D eigenvalue weighted by Gasteiger charge is 2.46. The second kappa shape index (κ2) is 23.1. The van der Waals surface area contributed by atoms with Crippen molar-refractivity contribution in [3.63, 3.8) is 0 Å². The Morgan fingerprint density at radius 3 is 1.44 bits per heavy atom. The van der Waals surface area contributed by atoms with Crippen LogP contribution in [-0.2, 0) is 25.9 Å². The Balaban J connectivity index is 0.000000180. The maximum absolute atomic E-state index is 14.2. The quantitative estimate of drug-likeness (QED) is 0.0613. The van der Waals surface area contributed by atoms with Gasteiger partial charge in [-0.3, -0.25) is 9.80 Å². The lowest BCUT2D eigenvalue weighted by molar-refractivity contribution is 0.0712. The normalized spacial score (nSPS) is 19.5. The minimum Gasteiger partial charge on any atom is -0.452 e. The van der Waals surface area contributed by atoms with Crippen molar-refractivity contribution in [2.75, 3.05) is 62.2 Å². The Kier molecular flexibility index (Phi) is 16.2. The molecule has 17 nitrogen and oxygen atoms in total. The van der Waals surface area contributed by atoms with E-state index in [0.717, 1.165) is 119 Å². The Morgan fingerprint density at radius 2 is 1.00 bits per heavy atom. The Hall–Kier alpha value is -7.55. The van der Waals surface area contributed by atoms with Crippen molar-refractivity contribution < 1.29 is 27.8 Å². The minimum absolute atomic E-state index is 0. The first-order valence-corrected chi connectivity index (χ1v) is 27.6. The first-order chi connectivity index (χ1) is 38.3. The SMILES string of the molecule is C.CC(C)(F)CCc1cc(F)ccc1Oc1cncnc1N1CCC2(CCN(Cc3ccc4[nH]c(=O)[nH]c4c3)C2)C1.CC(C)(O)CCc1cc(F)ccc1Oc1cncnc1N1CCC2(CCN(Cc3ccc4[nH]c(=O)[nH]c4c3)C2)C1. The molecular formula is C61H73F3N12O5. The number of aromatic amines is 4. The number of likely N-dealkylation sites (tertiary alicyclic amines) is 2. The van der Waals surface area contributed by atoms with Crippen LogP contribution in [0.3, 0.4) is 0 Å². The predicted molar refractivity (Wildman–Crippen MR) is 308 cm³/mol. The molecule has 428 valence electrons. The number of fused-ring (bicyclic) bond motifs is 2. The molecular weight excluding hydrogens is 1040 g/mol. The standard InChI is InChI=1S/C30H34F2N6O2.C30H35FN6O3.CH4/c1-29(2,32)8-7-21-14-22(31)4-6-25(21)40-26-15-33-19-34-27(26)38-12-10-30(18-38)9-11-37(17-30)16-20-3-5-23-24(13-20)36-28(39)35-23;1-29(2,39)8-7-21-14-22(31)4-6-25(21)40-26-15-32-19-33-27(26)37-12-10-30(18-37)9-11-36(17-30)16-20-3-5-23-24(13-20)35-28(38)34-23;/h3-6,13-15,19H,7-12,16-18H2,1-2H3,(H2,35,36,39);3-6,13-15,19,39H,7-12,16-18H2,1-2H3,(H2,34,35,38);1H4. The minimum atomic E-state index is -1.36. The number of benzene rings is 4. The number of hydrogen-bond acceptors (Lipinski definition) is 13. The summed E-state index contributed by atoms with van der Waals surface area (Å²) >= 11 is 0. The van der Waals surface area contributed by atoms with Gasteiger partial charge in [-0.05, 0) is 175 Å². The van der Waals surface area contributed by atoms with Crippen LogP contribution in [-0.4, -0.2) is 118 Å². The number of rotatable bonds is 16. The van der Waals surface area contributed by atoms with Gasteiger partial charge in [-0.25, -0.2) is 42.7 Å². The van der Waals surface area contributed by atoms with Gasteiger partial charge in [0.15, 0.2) is 23.1 Å². The molecule has 4 fully saturated rings. The maximum atomic E-state index is 14.2. The van der Waals surface area contributed by atoms with Gasteiger partial charge < -0.3 is 44.3 Å².